The van der Waals surface area contributed by atoms with Crippen molar-refractivity contribution in [2.24, 2.45) is 0 Å². The molecule has 2 rings (SSSR count). The Bertz CT molecular complexity index is 457. The minimum Gasteiger partial charge on any atom is -0.347 e. The lowest BCUT2D eigenvalue weighted by Crippen LogP contribution is -2.04. The van der Waals surface area contributed by atoms with Crippen molar-refractivity contribution in [2.75, 3.05) is 5.32 Å². The standard InChI is InChI=1S/C10H12FN5/c1-6-7(2)16-9(15-6)5-14-10-12-3-8(11)4-13-10/h3-4H,5H2,1-2H3,(H,15,16)(H,12,13,14). The maximum Gasteiger partial charge on any atom is 0.223 e. The van der Waals surface area contributed by atoms with Gasteiger partial charge in [-0.3, -0.25) is 0 Å². The number of halogens is 1. The van der Waals surface area contributed by atoms with Crippen molar-refractivity contribution >= 4 is 5.95 Å². The second-order valence-electron chi connectivity index (χ2n) is 3.47. The largest absolute Gasteiger partial charge is 0.347 e. The van der Waals surface area contributed by atoms with Gasteiger partial charge in [0.1, 0.15) is 5.82 Å². The van der Waals surface area contributed by atoms with E-state index in [1.165, 1.54) is 0 Å². The minimum absolute atomic E-state index is 0.383. The van der Waals surface area contributed by atoms with Crippen LogP contribution in [0.25, 0.3) is 0 Å². The number of imidazole rings is 1. The summed E-state index contributed by atoms with van der Waals surface area (Å²) < 4.78 is 12.5. The fourth-order valence-electron chi connectivity index (χ4n) is 1.27. The molecule has 2 heterocycles. The van der Waals surface area contributed by atoms with Gasteiger partial charge in [0.2, 0.25) is 5.95 Å². The fourth-order valence-corrected chi connectivity index (χ4v) is 1.27. The molecule has 0 aliphatic heterocycles. The highest BCUT2D eigenvalue weighted by Crippen LogP contribution is 2.05. The molecule has 0 amide bonds. The van der Waals surface area contributed by atoms with E-state index >= 15 is 0 Å². The van der Waals surface area contributed by atoms with Crippen molar-refractivity contribution in [3.63, 3.8) is 0 Å². The molecule has 0 saturated carbocycles. The molecule has 2 aromatic rings. The maximum absolute atomic E-state index is 12.5. The van der Waals surface area contributed by atoms with Crippen LogP contribution in [-0.2, 0) is 6.54 Å². The topological polar surface area (TPSA) is 66.5 Å². The Hall–Kier alpha value is -1.98. The van der Waals surface area contributed by atoms with E-state index in [4.69, 9.17) is 0 Å². The third-order valence-electron chi connectivity index (χ3n) is 2.21. The summed E-state index contributed by atoms with van der Waals surface area (Å²) in [5.41, 5.74) is 2.01. The number of nitrogens with one attached hydrogen (secondary N) is 2. The zero-order valence-corrected chi connectivity index (χ0v) is 9.08. The summed E-state index contributed by atoms with van der Waals surface area (Å²) in [6, 6.07) is 0. The number of aromatic amines is 1. The van der Waals surface area contributed by atoms with Crippen LogP contribution in [0, 0.1) is 19.7 Å². The van der Waals surface area contributed by atoms with Gasteiger partial charge in [-0.2, -0.15) is 0 Å². The molecule has 0 aromatic carbocycles. The van der Waals surface area contributed by atoms with Gasteiger partial charge in [0, 0.05) is 5.69 Å². The van der Waals surface area contributed by atoms with Gasteiger partial charge in [-0.05, 0) is 13.8 Å². The third-order valence-corrected chi connectivity index (χ3v) is 2.21. The van der Waals surface area contributed by atoms with E-state index in [1.54, 1.807) is 0 Å². The first-order chi connectivity index (χ1) is 7.65. The van der Waals surface area contributed by atoms with E-state index < -0.39 is 5.82 Å². The van der Waals surface area contributed by atoms with Gasteiger partial charge in [0.15, 0.2) is 5.82 Å². The molecule has 0 bridgehead atoms. The van der Waals surface area contributed by atoms with Gasteiger partial charge in [-0.1, -0.05) is 0 Å². The van der Waals surface area contributed by atoms with Gasteiger partial charge < -0.3 is 10.3 Å². The summed E-state index contributed by atoms with van der Waals surface area (Å²) in [5, 5.41) is 2.95. The highest BCUT2D eigenvalue weighted by atomic mass is 19.1. The molecule has 0 atom stereocenters. The van der Waals surface area contributed by atoms with E-state index in [1.807, 2.05) is 13.8 Å². The Balaban J connectivity index is 1.99. The van der Waals surface area contributed by atoms with E-state index in [9.17, 15) is 4.39 Å². The Morgan fingerprint density at radius 1 is 1.31 bits per heavy atom. The van der Waals surface area contributed by atoms with Gasteiger partial charge in [0.25, 0.3) is 0 Å². The van der Waals surface area contributed by atoms with Crippen LogP contribution in [-0.4, -0.2) is 19.9 Å². The number of H-pyrrole nitrogens is 1. The number of hydrogen-bond acceptors (Lipinski definition) is 4. The molecule has 6 heteroatoms. The summed E-state index contributed by atoms with van der Waals surface area (Å²) >= 11 is 0. The summed E-state index contributed by atoms with van der Waals surface area (Å²) in [6.45, 7) is 4.38. The zero-order valence-electron chi connectivity index (χ0n) is 9.08. The van der Waals surface area contributed by atoms with Crippen molar-refractivity contribution in [2.45, 2.75) is 20.4 Å². The maximum atomic E-state index is 12.5. The summed E-state index contributed by atoms with van der Waals surface area (Å²) in [4.78, 5) is 15.0. The minimum atomic E-state index is -0.449. The predicted octanol–water partition coefficient (Wildman–Crippen LogP) is 1.57. The van der Waals surface area contributed by atoms with Crippen molar-refractivity contribution < 1.29 is 4.39 Å². The smallest absolute Gasteiger partial charge is 0.223 e. The van der Waals surface area contributed by atoms with Crippen molar-refractivity contribution in [3.05, 3.63) is 35.4 Å². The molecule has 0 aliphatic rings. The van der Waals surface area contributed by atoms with E-state index in [0.717, 1.165) is 29.6 Å². The van der Waals surface area contributed by atoms with E-state index in [-0.39, 0.29) is 0 Å². The summed E-state index contributed by atoms with van der Waals surface area (Å²) in [7, 11) is 0. The first-order valence-electron chi connectivity index (χ1n) is 4.88. The van der Waals surface area contributed by atoms with Crippen molar-refractivity contribution in [1.82, 2.24) is 19.9 Å². The van der Waals surface area contributed by atoms with Crippen LogP contribution in [0.3, 0.4) is 0 Å². The zero-order chi connectivity index (χ0) is 11.5. The Labute approximate surface area is 92.2 Å². The lowest BCUT2D eigenvalue weighted by atomic mass is 10.4. The third kappa shape index (κ3) is 2.33. The highest BCUT2D eigenvalue weighted by Gasteiger charge is 2.02. The van der Waals surface area contributed by atoms with E-state index in [0.29, 0.717) is 12.5 Å². The van der Waals surface area contributed by atoms with Gasteiger partial charge in [-0.15, -0.1) is 0 Å². The highest BCUT2D eigenvalue weighted by molar-refractivity contribution is 5.23. The van der Waals surface area contributed by atoms with Crippen LogP contribution < -0.4 is 5.32 Å². The molecule has 0 aliphatic carbocycles. The molecule has 2 N–H and O–H groups in total. The lowest BCUT2D eigenvalue weighted by molar-refractivity contribution is 0.614. The summed E-state index contributed by atoms with van der Waals surface area (Å²) in [6.07, 6.45) is 2.24. The van der Waals surface area contributed by atoms with Crippen LogP contribution >= 0.6 is 0 Å². The van der Waals surface area contributed by atoms with Gasteiger partial charge in [-0.25, -0.2) is 19.3 Å². The Morgan fingerprint density at radius 3 is 2.56 bits per heavy atom. The molecular formula is C10H12FN5. The molecule has 0 radical (unpaired) electrons. The van der Waals surface area contributed by atoms with Crippen LogP contribution in [0.4, 0.5) is 10.3 Å². The molecule has 0 unspecified atom stereocenters. The average Bonchev–Trinajstić information content (AvgIpc) is 2.58. The number of rotatable bonds is 3. The normalized spacial score (nSPS) is 10.4. The fraction of sp³-hybridized carbons (Fsp3) is 0.300. The molecule has 0 saturated heterocycles. The van der Waals surface area contributed by atoms with Gasteiger partial charge >= 0.3 is 0 Å². The first kappa shape index (κ1) is 10.5. The van der Waals surface area contributed by atoms with Crippen molar-refractivity contribution in [1.29, 1.82) is 0 Å². The number of aryl methyl sites for hydroxylation is 2. The monoisotopic (exact) mass is 221 g/mol. The number of nitrogens with zero attached hydrogens (tertiary/aromatic N) is 3. The molecule has 84 valence electrons. The van der Waals surface area contributed by atoms with Crippen LogP contribution in [0.2, 0.25) is 0 Å². The number of hydrogen-bond donors (Lipinski definition) is 2. The number of anilines is 1. The SMILES string of the molecule is Cc1nc(CNc2ncc(F)cn2)[nH]c1C. The quantitative estimate of drug-likeness (QED) is 0.825. The van der Waals surface area contributed by atoms with E-state index in [2.05, 4.69) is 25.3 Å². The second-order valence-corrected chi connectivity index (χ2v) is 3.47. The molecular weight excluding hydrogens is 209 g/mol. The van der Waals surface area contributed by atoms with Crippen LogP contribution in [0.5, 0.6) is 0 Å². The predicted molar refractivity (Wildman–Crippen MR) is 57.4 cm³/mol. The lowest BCUT2D eigenvalue weighted by Gasteiger charge is -2.01. The Kier molecular flexibility index (Phi) is 2.80. The average molecular weight is 221 g/mol. The molecule has 0 fully saturated rings. The van der Waals surface area contributed by atoms with Gasteiger partial charge in [0.05, 0.1) is 24.6 Å². The molecule has 0 spiro atoms. The Morgan fingerprint density at radius 2 is 2.00 bits per heavy atom. The summed E-state index contributed by atoms with van der Waals surface area (Å²) in [5.74, 6) is 0.742. The first-order valence-corrected chi connectivity index (χ1v) is 4.88. The molecule has 5 nitrogen and oxygen atoms in total. The molecule has 16 heavy (non-hydrogen) atoms. The second kappa shape index (κ2) is 4.26. The molecule has 2 aromatic heterocycles. The van der Waals surface area contributed by atoms with Crippen molar-refractivity contribution in [3.8, 4) is 0 Å². The van der Waals surface area contributed by atoms with Crippen LogP contribution in [0.1, 0.15) is 17.2 Å². The van der Waals surface area contributed by atoms with Crippen LogP contribution in [0.15, 0.2) is 12.4 Å². The number of aromatic nitrogens is 4.